The summed E-state index contributed by atoms with van der Waals surface area (Å²) >= 11 is 0. The van der Waals surface area contributed by atoms with E-state index in [4.69, 9.17) is 9.97 Å². The van der Waals surface area contributed by atoms with Gasteiger partial charge in [-0.25, -0.2) is 9.97 Å². The van der Waals surface area contributed by atoms with E-state index < -0.39 is 0 Å². The van der Waals surface area contributed by atoms with Gasteiger partial charge in [0.1, 0.15) is 0 Å². The van der Waals surface area contributed by atoms with Gasteiger partial charge in [-0.2, -0.15) is 10.5 Å². The third-order valence-corrected chi connectivity index (χ3v) is 12.1. The highest BCUT2D eigenvalue weighted by atomic mass is 15.0. The van der Waals surface area contributed by atoms with Crippen molar-refractivity contribution in [1.29, 1.82) is 10.5 Å². The molecule has 0 saturated heterocycles. The first-order chi connectivity index (χ1) is 32.1. The van der Waals surface area contributed by atoms with Crippen molar-refractivity contribution in [2.24, 2.45) is 0 Å². The van der Waals surface area contributed by atoms with E-state index in [1.54, 1.807) is 0 Å². The molecule has 65 heavy (non-hydrogen) atoms. The van der Waals surface area contributed by atoms with E-state index in [-0.39, 0.29) is 0 Å². The fraction of sp³-hybridized carbons (Fsp3) is 0. The Kier molecular flexibility index (Phi) is 9.90. The monoisotopic (exact) mass is 827 g/mol. The molecule has 302 valence electrons. The molecule has 0 fully saturated rings. The number of nitriles is 2. The molecule has 0 N–H and O–H groups in total. The molecule has 9 aromatic carbocycles. The Balaban J connectivity index is 1.28. The van der Waals surface area contributed by atoms with Crippen LogP contribution in [0.4, 0.5) is 0 Å². The smallest absolute Gasteiger partial charge is 0.160 e. The van der Waals surface area contributed by atoms with Gasteiger partial charge in [0.25, 0.3) is 0 Å². The molecule has 0 aliphatic carbocycles. The lowest BCUT2D eigenvalue weighted by molar-refractivity contribution is 1.17. The highest BCUT2D eigenvalue weighted by molar-refractivity contribution is 6.13. The first kappa shape index (κ1) is 38.7. The summed E-state index contributed by atoms with van der Waals surface area (Å²) in [7, 11) is 0. The molecule has 0 amide bonds. The minimum absolute atomic E-state index is 0.529. The van der Waals surface area contributed by atoms with Crippen molar-refractivity contribution >= 4 is 21.8 Å². The summed E-state index contributed by atoms with van der Waals surface area (Å²) in [5.74, 6) is 0.592. The molecule has 5 nitrogen and oxygen atoms in total. The van der Waals surface area contributed by atoms with Crippen molar-refractivity contribution in [3.63, 3.8) is 0 Å². The van der Waals surface area contributed by atoms with Crippen LogP contribution in [-0.4, -0.2) is 14.5 Å². The van der Waals surface area contributed by atoms with Crippen molar-refractivity contribution in [3.05, 3.63) is 236 Å². The van der Waals surface area contributed by atoms with Gasteiger partial charge in [-0.15, -0.1) is 0 Å². The van der Waals surface area contributed by atoms with Gasteiger partial charge in [-0.05, 0) is 76.9 Å². The maximum Gasteiger partial charge on any atom is 0.160 e. The number of hydrogen-bond acceptors (Lipinski definition) is 4. The number of aromatic nitrogens is 3. The first-order valence-corrected chi connectivity index (χ1v) is 21.5. The lowest BCUT2D eigenvalue weighted by atomic mass is 9.88. The molecule has 0 spiro atoms. The molecular weight excluding hydrogens is 791 g/mol. The summed E-state index contributed by atoms with van der Waals surface area (Å²) in [6.07, 6.45) is 0. The van der Waals surface area contributed by atoms with Crippen LogP contribution in [0.3, 0.4) is 0 Å². The lowest BCUT2D eigenvalue weighted by Crippen LogP contribution is -2.04. The molecule has 11 rings (SSSR count). The van der Waals surface area contributed by atoms with Gasteiger partial charge in [0, 0.05) is 49.7 Å². The fourth-order valence-electron chi connectivity index (χ4n) is 9.02. The fourth-order valence-corrected chi connectivity index (χ4v) is 9.02. The first-order valence-electron chi connectivity index (χ1n) is 21.5. The van der Waals surface area contributed by atoms with Gasteiger partial charge in [-0.3, -0.25) is 0 Å². The number of nitrogens with zero attached hydrogens (tertiary/aromatic N) is 5. The van der Waals surface area contributed by atoms with Gasteiger partial charge >= 0.3 is 0 Å². The van der Waals surface area contributed by atoms with Crippen LogP contribution in [0.25, 0.3) is 106 Å². The van der Waals surface area contributed by atoms with Gasteiger partial charge in [0.15, 0.2) is 5.82 Å². The summed E-state index contributed by atoms with van der Waals surface area (Å²) in [6.45, 7) is 0. The normalized spacial score (nSPS) is 11.0. The molecule has 0 aliphatic heterocycles. The molecule has 5 heteroatoms. The van der Waals surface area contributed by atoms with E-state index in [0.717, 1.165) is 94.4 Å². The second-order valence-corrected chi connectivity index (χ2v) is 16.0. The molecule has 0 aliphatic rings. The van der Waals surface area contributed by atoms with Crippen molar-refractivity contribution < 1.29 is 0 Å². The van der Waals surface area contributed by atoms with Crippen LogP contribution in [-0.2, 0) is 0 Å². The van der Waals surface area contributed by atoms with E-state index in [1.165, 1.54) is 0 Å². The van der Waals surface area contributed by atoms with Gasteiger partial charge < -0.3 is 4.57 Å². The highest BCUT2D eigenvalue weighted by Gasteiger charge is 2.25. The van der Waals surface area contributed by atoms with E-state index >= 15 is 0 Å². The minimum atomic E-state index is 0.529. The average molecular weight is 828 g/mol. The lowest BCUT2D eigenvalue weighted by Gasteiger charge is -2.22. The van der Waals surface area contributed by atoms with Gasteiger partial charge in [-0.1, -0.05) is 170 Å². The zero-order chi connectivity index (χ0) is 43.7. The van der Waals surface area contributed by atoms with E-state index in [0.29, 0.717) is 22.6 Å². The second kappa shape index (κ2) is 16.6. The third-order valence-electron chi connectivity index (χ3n) is 12.1. The molecule has 0 atom stereocenters. The predicted octanol–water partition coefficient (Wildman–Crippen LogP) is 15.0. The predicted molar refractivity (Wildman–Crippen MR) is 264 cm³/mol. The van der Waals surface area contributed by atoms with Gasteiger partial charge in [0.2, 0.25) is 0 Å². The quantitative estimate of drug-likeness (QED) is 0.153. The Morgan fingerprint density at radius 1 is 0.323 bits per heavy atom. The standard InChI is InChI=1S/C60H37N5/c61-38-46-25-13-15-27-49(46)53-35-48(56-37-55(42-21-9-3-10-22-42)63-60(64-56)43-23-11-4-12-24-43)36-54(50-28-16-14-26-47(50)39-62)59(53)65-57-31-29-44(40-17-5-1-6-18-40)33-51(57)52-34-45(30-32-58(52)65)41-19-7-2-8-20-41/h1-37H. The summed E-state index contributed by atoms with van der Waals surface area (Å²) in [5, 5.41) is 23.7. The number of rotatable bonds is 8. The molecule has 0 bridgehead atoms. The molecule has 2 heterocycles. The molecule has 0 saturated carbocycles. The van der Waals surface area contributed by atoms with Gasteiger partial charge in [0.05, 0.1) is 51.4 Å². The Bertz CT molecular complexity index is 3420. The molecule has 0 radical (unpaired) electrons. The highest BCUT2D eigenvalue weighted by Crippen LogP contribution is 2.46. The number of fused-ring (bicyclic) bond motifs is 3. The van der Waals surface area contributed by atoms with Crippen molar-refractivity contribution in [1.82, 2.24) is 14.5 Å². The molecule has 11 aromatic rings. The molecule has 2 aromatic heterocycles. The van der Waals surface area contributed by atoms with E-state index in [2.05, 4.69) is 126 Å². The number of benzene rings is 9. The Hall–Kier alpha value is -9.16. The average Bonchev–Trinajstić information content (AvgIpc) is 3.71. The minimum Gasteiger partial charge on any atom is -0.308 e. The maximum atomic E-state index is 10.8. The topological polar surface area (TPSA) is 78.3 Å². The van der Waals surface area contributed by atoms with Crippen LogP contribution >= 0.6 is 0 Å². The van der Waals surface area contributed by atoms with E-state index in [9.17, 15) is 10.5 Å². The van der Waals surface area contributed by atoms with Crippen molar-refractivity contribution in [2.75, 3.05) is 0 Å². The van der Waals surface area contributed by atoms with Crippen molar-refractivity contribution in [2.45, 2.75) is 0 Å². The Morgan fingerprint density at radius 3 is 1.18 bits per heavy atom. The summed E-state index contributed by atoms with van der Waals surface area (Å²) < 4.78 is 2.33. The maximum absolute atomic E-state index is 10.8. The summed E-state index contributed by atoms with van der Waals surface area (Å²) in [4.78, 5) is 10.4. The Morgan fingerprint density at radius 2 is 0.723 bits per heavy atom. The third kappa shape index (κ3) is 7.10. The zero-order valence-corrected chi connectivity index (χ0v) is 35.1. The van der Waals surface area contributed by atoms with E-state index in [1.807, 2.05) is 115 Å². The summed E-state index contributed by atoms with van der Waals surface area (Å²) in [6, 6.07) is 81.3. The van der Waals surface area contributed by atoms with Crippen LogP contribution < -0.4 is 0 Å². The van der Waals surface area contributed by atoms with Crippen molar-refractivity contribution in [3.8, 4) is 96.2 Å². The second-order valence-electron chi connectivity index (χ2n) is 16.0. The van der Waals surface area contributed by atoms with Crippen LogP contribution in [0, 0.1) is 22.7 Å². The molecular formula is C60H37N5. The number of hydrogen-bond donors (Lipinski definition) is 0. The Labute approximate surface area is 377 Å². The molecule has 0 unspecified atom stereocenters. The summed E-state index contributed by atoms with van der Waals surface area (Å²) in [5.41, 5.74) is 15.7. The SMILES string of the molecule is N#Cc1ccccc1-c1cc(-c2cc(-c3ccccc3)nc(-c3ccccc3)n2)cc(-c2ccccc2C#N)c1-n1c2ccc(-c3ccccc3)cc2c2cc(-c3ccccc3)ccc21. The zero-order valence-electron chi connectivity index (χ0n) is 35.1. The van der Waals surface area contributed by atoms with Crippen LogP contribution in [0.1, 0.15) is 11.1 Å². The van der Waals surface area contributed by atoms with Crippen LogP contribution in [0.5, 0.6) is 0 Å². The van der Waals surface area contributed by atoms with Crippen LogP contribution in [0.15, 0.2) is 224 Å². The van der Waals surface area contributed by atoms with Crippen LogP contribution in [0.2, 0.25) is 0 Å². The largest absolute Gasteiger partial charge is 0.308 e.